The number of esters is 1. The molecule has 2 heterocycles. The molecule has 0 N–H and O–H groups in total. The lowest BCUT2D eigenvalue weighted by atomic mass is 10.1. The minimum absolute atomic E-state index is 0.336. The number of aryl methyl sites for hydroxylation is 2. The van der Waals surface area contributed by atoms with Crippen LogP contribution in [0.2, 0.25) is 0 Å². The Morgan fingerprint density at radius 3 is 2.68 bits per heavy atom. The zero-order chi connectivity index (χ0) is 15.9. The number of hydrogen-bond acceptors (Lipinski definition) is 4. The maximum Gasteiger partial charge on any atom is 0.342 e. The quantitative estimate of drug-likeness (QED) is 0.696. The second-order valence-electron chi connectivity index (χ2n) is 5.19. The molecule has 0 unspecified atom stereocenters. The summed E-state index contributed by atoms with van der Waals surface area (Å²) in [4.78, 5) is 12.2. The van der Waals surface area contributed by atoms with E-state index in [1.165, 1.54) is 0 Å². The van der Waals surface area contributed by atoms with Crippen LogP contribution in [-0.4, -0.2) is 29.3 Å². The minimum atomic E-state index is -0.336. The number of methoxy groups -OCH3 is 1. The van der Waals surface area contributed by atoms with E-state index in [0.717, 1.165) is 27.7 Å². The van der Waals surface area contributed by atoms with Crippen LogP contribution in [-0.2, 0) is 4.74 Å². The molecule has 114 valence electrons. The average Bonchev–Trinajstić information content (AvgIpc) is 2.83. The van der Waals surface area contributed by atoms with Crippen LogP contribution in [0.4, 0.5) is 0 Å². The highest BCUT2D eigenvalue weighted by Gasteiger charge is 2.20. The average molecular weight is 298 g/mol. The summed E-state index contributed by atoms with van der Waals surface area (Å²) in [5.41, 5.74) is 3.93. The maximum atomic E-state index is 12.2. The molecule has 0 radical (unpaired) electrons. The third kappa shape index (κ3) is 2.09. The fourth-order valence-electron chi connectivity index (χ4n) is 2.75. The second kappa shape index (κ2) is 5.33. The summed E-state index contributed by atoms with van der Waals surface area (Å²) < 4.78 is 12.2. The van der Waals surface area contributed by atoms with Crippen LogP contribution in [0, 0.1) is 13.8 Å². The van der Waals surface area contributed by atoms with E-state index in [4.69, 9.17) is 9.47 Å². The van der Waals surface area contributed by atoms with Crippen molar-refractivity contribution in [3.8, 4) is 5.75 Å². The van der Waals surface area contributed by atoms with Crippen LogP contribution in [0.1, 0.15) is 28.5 Å². The highest BCUT2D eigenvalue weighted by molar-refractivity contribution is 6.00. The van der Waals surface area contributed by atoms with Crippen molar-refractivity contribution in [2.45, 2.75) is 20.8 Å². The summed E-state index contributed by atoms with van der Waals surface area (Å²) >= 11 is 0. The summed E-state index contributed by atoms with van der Waals surface area (Å²) in [6, 6.07) is 7.82. The van der Waals surface area contributed by atoms with Crippen LogP contribution in [0.5, 0.6) is 5.75 Å². The molecule has 5 heteroatoms. The van der Waals surface area contributed by atoms with Crippen LogP contribution >= 0.6 is 0 Å². The van der Waals surface area contributed by atoms with E-state index in [-0.39, 0.29) is 5.97 Å². The molecule has 3 aromatic rings. The van der Waals surface area contributed by atoms with E-state index in [9.17, 15) is 4.79 Å². The lowest BCUT2D eigenvalue weighted by Crippen LogP contribution is -2.05. The predicted molar refractivity (Wildman–Crippen MR) is 84.7 cm³/mol. The highest BCUT2D eigenvalue weighted by Crippen LogP contribution is 2.28. The van der Waals surface area contributed by atoms with Crippen LogP contribution in [0.3, 0.4) is 0 Å². The number of carbonyl (C=O) groups is 1. The Balaban J connectivity index is 2.38. The summed E-state index contributed by atoms with van der Waals surface area (Å²) in [5, 5.41) is 5.60. The van der Waals surface area contributed by atoms with Gasteiger partial charge in [0, 0.05) is 11.5 Å². The lowest BCUT2D eigenvalue weighted by Gasteiger charge is -2.08. The number of carbonyl (C=O) groups excluding carboxylic acids is 1. The topological polar surface area (TPSA) is 52.8 Å². The van der Waals surface area contributed by atoms with Crippen molar-refractivity contribution in [3.63, 3.8) is 0 Å². The summed E-state index contributed by atoms with van der Waals surface area (Å²) in [6.07, 6.45) is 0. The van der Waals surface area contributed by atoms with Gasteiger partial charge in [-0.05, 0) is 44.5 Å². The van der Waals surface area contributed by atoms with E-state index >= 15 is 0 Å². The Morgan fingerprint density at radius 2 is 2.00 bits per heavy atom. The van der Waals surface area contributed by atoms with Gasteiger partial charge in [0.1, 0.15) is 11.3 Å². The summed E-state index contributed by atoms with van der Waals surface area (Å²) in [7, 11) is 1.63. The van der Waals surface area contributed by atoms with E-state index < -0.39 is 0 Å². The number of fused-ring (bicyclic) bond motifs is 3. The Bertz CT molecular complexity index is 881. The number of ether oxygens (including phenoxy) is 2. The summed E-state index contributed by atoms with van der Waals surface area (Å²) in [6.45, 7) is 5.98. The van der Waals surface area contributed by atoms with Gasteiger partial charge in [-0.1, -0.05) is 0 Å². The van der Waals surface area contributed by atoms with Gasteiger partial charge < -0.3 is 9.47 Å². The molecule has 0 saturated carbocycles. The van der Waals surface area contributed by atoms with Crippen molar-refractivity contribution in [2.75, 3.05) is 13.7 Å². The molecule has 0 atom stereocenters. The molecule has 0 saturated heterocycles. The lowest BCUT2D eigenvalue weighted by molar-refractivity contribution is 0.0528. The van der Waals surface area contributed by atoms with Crippen molar-refractivity contribution in [1.29, 1.82) is 0 Å². The van der Waals surface area contributed by atoms with E-state index in [1.54, 1.807) is 18.5 Å². The molecular weight excluding hydrogens is 280 g/mol. The molecule has 2 aromatic heterocycles. The van der Waals surface area contributed by atoms with E-state index in [2.05, 4.69) is 5.10 Å². The first-order chi connectivity index (χ1) is 10.6. The maximum absolute atomic E-state index is 12.2. The molecule has 22 heavy (non-hydrogen) atoms. The number of pyridine rings is 1. The highest BCUT2D eigenvalue weighted by atomic mass is 16.5. The van der Waals surface area contributed by atoms with Gasteiger partial charge in [-0.25, -0.2) is 9.31 Å². The number of rotatable bonds is 3. The van der Waals surface area contributed by atoms with E-state index in [1.807, 2.05) is 38.1 Å². The normalized spacial score (nSPS) is 11.1. The largest absolute Gasteiger partial charge is 0.497 e. The Hall–Kier alpha value is -2.56. The molecule has 1 aromatic carbocycles. The molecule has 0 bridgehead atoms. The Kier molecular flexibility index (Phi) is 3.48. The van der Waals surface area contributed by atoms with Gasteiger partial charge in [-0.3, -0.25) is 0 Å². The first-order valence-corrected chi connectivity index (χ1v) is 7.20. The van der Waals surface area contributed by atoms with Crippen molar-refractivity contribution >= 4 is 22.4 Å². The fraction of sp³-hybridized carbons (Fsp3) is 0.294. The molecule has 0 fully saturated rings. The van der Waals surface area contributed by atoms with Crippen LogP contribution in [0.25, 0.3) is 16.4 Å². The first kappa shape index (κ1) is 14.4. The predicted octanol–water partition coefficient (Wildman–Crippen LogP) is 3.29. The standard InChI is InChI=1S/C17H18N2O3/c1-5-22-17(20)16-11(3)18-19-14-9-12(21-4)6-7-13(14)10(2)8-15(16)19/h6-9H,5H2,1-4H3. The van der Waals surface area contributed by atoms with Crippen molar-refractivity contribution in [1.82, 2.24) is 9.61 Å². The molecule has 0 aliphatic rings. The molecule has 0 spiro atoms. The smallest absolute Gasteiger partial charge is 0.342 e. The molecule has 0 aliphatic heterocycles. The molecular formula is C17H18N2O3. The Labute approximate surface area is 128 Å². The number of benzene rings is 1. The molecule has 5 nitrogen and oxygen atoms in total. The van der Waals surface area contributed by atoms with E-state index in [0.29, 0.717) is 17.9 Å². The Morgan fingerprint density at radius 1 is 1.23 bits per heavy atom. The number of hydrogen-bond donors (Lipinski definition) is 0. The SMILES string of the molecule is CCOC(=O)c1c(C)nn2c1cc(C)c1ccc(OC)cc12. The summed E-state index contributed by atoms with van der Waals surface area (Å²) in [5.74, 6) is 0.418. The van der Waals surface area contributed by atoms with Gasteiger partial charge in [-0.15, -0.1) is 0 Å². The van der Waals surface area contributed by atoms with Gasteiger partial charge in [0.15, 0.2) is 0 Å². The molecule has 0 amide bonds. The van der Waals surface area contributed by atoms with Crippen LogP contribution in [0.15, 0.2) is 24.3 Å². The van der Waals surface area contributed by atoms with Gasteiger partial charge in [0.25, 0.3) is 0 Å². The fourth-order valence-corrected chi connectivity index (χ4v) is 2.75. The third-order valence-electron chi connectivity index (χ3n) is 3.79. The zero-order valence-corrected chi connectivity index (χ0v) is 13.1. The zero-order valence-electron chi connectivity index (χ0n) is 13.1. The van der Waals surface area contributed by atoms with Crippen molar-refractivity contribution in [3.05, 3.63) is 41.1 Å². The second-order valence-corrected chi connectivity index (χ2v) is 5.19. The monoisotopic (exact) mass is 298 g/mol. The third-order valence-corrected chi connectivity index (χ3v) is 3.79. The molecule has 3 rings (SSSR count). The molecule has 0 aliphatic carbocycles. The van der Waals surface area contributed by atoms with Gasteiger partial charge >= 0.3 is 5.97 Å². The first-order valence-electron chi connectivity index (χ1n) is 7.20. The van der Waals surface area contributed by atoms with Crippen molar-refractivity contribution < 1.29 is 14.3 Å². The van der Waals surface area contributed by atoms with Crippen LogP contribution < -0.4 is 4.74 Å². The van der Waals surface area contributed by atoms with Gasteiger partial charge in [0.2, 0.25) is 0 Å². The minimum Gasteiger partial charge on any atom is -0.497 e. The van der Waals surface area contributed by atoms with Crippen molar-refractivity contribution in [2.24, 2.45) is 0 Å². The number of aromatic nitrogens is 2. The van der Waals surface area contributed by atoms with Gasteiger partial charge in [0.05, 0.1) is 30.4 Å². The number of nitrogens with zero attached hydrogens (tertiary/aromatic N) is 2. The van der Waals surface area contributed by atoms with Gasteiger partial charge in [-0.2, -0.15) is 5.10 Å².